The highest BCUT2D eigenvalue weighted by Gasteiger charge is 2.48. The monoisotopic (exact) mass is 354 g/mol. The number of carbonyl (C=O) groups is 2. The Bertz CT molecular complexity index is 742. The topological polar surface area (TPSA) is 63.0 Å². The second kappa shape index (κ2) is 8.49. The molecule has 6 nitrogen and oxygen atoms in total. The first-order valence-corrected chi connectivity index (χ1v) is 8.50. The van der Waals surface area contributed by atoms with Gasteiger partial charge < -0.3 is 19.0 Å². The molecule has 0 N–H and O–H groups in total. The van der Waals surface area contributed by atoms with Crippen LogP contribution < -0.4 is 0 Å². The largest absolute Gasteiger partial charge is 0.465 e. The molecule has 1 aliphatic heterocycles. The maximum Gasteiger partial charge on any atom is 0.248 e. The number of amides is 2. The van der Waals surface area contributed by atoms with Crippen molar-refractivity contribution in [2.75, 3.05) is 20.3 Å². The predicted octanol–water partition coefficient (Wildman–Crippen LogP) is 2.18. The van der Waals surface area contributed by atoms with Gasteiger partial charge in [-0.25, -0.2) is 0 Å². The average Bonchev–Trinajstić information content (AvgIpc) is 3.19. The molecular formula is C20H22N2O4. The number of methoxy groups -OCH3 is 1. The summed E-state index contributed by atoms with van der Waals surface area (Å²) < 4.78 is 10.4. The van der Waals surface area contributed by atoms with Crippen LogP contribution >= 0.6 is 0 Å². The molecule has 136 valence electrons. The van der Waals surface area contributed by atoms with E-state index in [0.717, 1.165) is 12.0 Å². The molecule has 1 aromatic carbocycles. The Kier molecular flexibility index (Phi) is 5.86. The number of carbonyl (C=O) groups excluding carboxylic acids is 2. The van der Waals surface area contributed by atoms with Gasteiger partial charge in [-0.05, 0) is 23.8 Å². The van der Waals surface area contributed by atoms with Crippen molar-refractivity contribution in [2.24, 2.45) is 0 Å². The highest BCUT2D eigenvalue weighted by molar-refractivity contribution is 5.92. The number of hydrogen-bond acceptors (Lipinski definition) is 4. The van der Waals surface area contributed by atoms with Crippen LogP contribution in [0.25, 0.3) is 6.08 Å². The van der Waals surface area contributed by atoms with Crippen LogP contribution in [0.15, 0.2) is 59.2 Å². The highest BCUT2D eigenvalue weighted by atomic mass is 16.5. The van der Waals surface area contributed by atoms with Gasteiger partial charge in [0.2, 0.25) is 12.3 Å². The Morgan fingerprint density at radius 1 is 1.23 bits per heavy atom. The number of furan rings is 1. The van der Waals surface area contributed by atoms with Gasteiger partial charge >= 0.3 is 0 Å². The van der Waals surface area contributed by atoms with Crippen molar-refractivity contribution >= 4 is 18.4 Å². The number of rotatable bonds is 9. The smallest absolute Gasteiger partial charge is 0.248 e. The Morgan fingerprint density at radius 3 is 2.69 bits per heavy atom. The number of nitrogens with zero attached hydrogens (tertiary/aromatic N) is 2. The van der Waals surface area contributed by atoms with E-state index in [2.05, 4.69) is 0 Å². The van der Waals surface area contributed by atoms with Gasteiger partial charge in [0.25, 0.3) is 0 Å². The van der Waals surface area contributed by atoms with Gasteiger partial charge in [-0.1, -0.05) is 36.4 Å². The van der Waals surface area contributed by atoms with Crippen molar-refractivity contribution in [3.05, 3.63) is 66.1 Å². The Morgan fingerprint density at radius 2 is 2.04 bits per heavy atom. The zero-order valence-electron chi connectivity index (χ0n) is 14.7. The fourth-order valence-corrected chi connectivity index (χ4v) is 3.10. The third-order valence-corrected chi connectivity index (χ3v) is 4.46. The molecule has 0 spiro atoms. The Labute approximate surface area is 152 Å². The predicted molar refractivity (Wildman–Crippen MR) is 97.0 cm³/mol. The van der Waals surface area contributed by atoms with Crippen molar-refractivity contribution in [1.82, 2.24) is 9.80 Å². The maximum absolute atomic E-state index is 12.7. The minimum Gasteiger partial charge on any atom is -0.465 e. The van der Waals surface area contributed by atoms with Crippen LogP contribution in [0.4, 0.5) is 0 Å². The molecule has 2 aromatic rings. The van der Waals surface area contributed by atoms with E-state index in [9.17, 15) is 9.59 Å². The summed E-state index contributed by atoms with van der Waals surface area (Å²) in [7, 11) is 1.57. The van der Waals surface area contributed by atoms with Crippen molar-refractivity contribution in [3.63, 3.8) is 0 Å². The summed E-state index contributed by atoms with van der Waals surface area (Å²) in [5, 5.41) is 0. The van der Waals surface area contributed by atoms with Crippen LogP contribution in [0, 0.1) is 0 Å². The fraction of sp³-hybridized carbons (Fsp3) is 0.300. The molecule has 6 heteroatoms. The van der Waals surface area contributed by atoms with E-state index in [0.29, 0.717) is 25.5 Å². The maximum atomic E-state index is 12.7. The van der Waals surface area contributed by atoms with Gasteiger partial charge in [0, 0.05) is 20.2 Å². The van der Waals surface area contributed by atoms with E-state index in [1.165, 1.54) is 4.90 Å². The SMILES string of the molecule is COCCN(C=O)C1C(=O)N(Cc2ccccc2)C1/C=C/c1ccco1. The molecule has 1 fully saturated rings. The van der Waals surface area contributed by atoms with E-state index in [4.69, 9.17) is 9.15 Å². The molecule has 2 heterocycles. The van der Waals surface area contributed by atoms with Gasteiger partial charge in [-0.2, -0.15) is 0 Å². The molecule has 2 atom stereocenters. The molecule has 0 aliphatic carbocycles. The van der Waals surface area contributed by atoms with Gasteiger partial charge in [-0.15, -0.1) is 0 Å². The first-order chi connectivity index (χ1) is 12.7. The number of hydrogen-bond donors (Lipinski definition) is 0. The minimum absolute atomic E-state index is 0.0637. The average molecular weight is 354 g/mol. The van der Waals surface area contributed by atoms with Crippen LogP contribution in [0.3, 0.4) is 0 Å². The van der Waals surface area contributed by atoms with Crippen LogP contribution in [0.5, 0.6) is 0 Å². The van der Waals surface area contributed by atoms with E-state index in [1.54, 1.807) is 24.3 Å². The Hall–Kier alpha value is -2.86. The van der Waals surface area contributed by atoms with Crippen LogP contribution in [0.1, 0.15) is 11.3 Å². The zero-order valence-corrected chi connectivity index (χ0v) is 14.7. The standard InChI is InChI=1S/C20H22N2O4/c1-25-13-11-21(15-23)19-18(10-9-17-8-5-12-26-17)22(20(19)24)14-16-6-3-2-4-7-16/h2-10,12,15,18-19H,11,13-14H2,1H3/b10-9+. The first-order valence-electron chi connectivity index (χ1n) is 8.50. The molecule has 2 amide bonds. The van der Waals surface area contributed by atoms with Crippen molar-refractivity contribution in [1.29, 1.82) is 0 Å². The summed E-state index contributed by atoms with van der Waals surface area (Å²) in [6, 6.07) is 12.7. The van der Waals surface area contributed by atoms with Crippen LogP contribution in [-0.4, -0.2) is 54.5 Å². The summed E-state index contributed by atoms with van der Waals surface area (Å²) in [4.78, 5) is 27.5. The molecule has 26 heavy (non-hydrogen) atoms. The lowest BCUT2D eigenvalue weighted by molar-refractivity contribution is -0.160. The lowest BCUT2D eigenvalue weighted by atomic mass is 9.92. The van der Waals surface area contributed by atoms with E-state index in [1.807, 2.05) is 48.6 Å². The highest BCUT2D eigenvalue weighted by Crippen LogP contribution is 2.28. The van der Waals surface area contributed by atoms with Crippen molar-refractivity contribution in [3.8, 4) is 0 Å². The second-order valence-corrected chi connectivity index (χ2v) is 6.10. The van der Waals surface area contributed by atoms with Crippen LogP contribution in [0.2, 0.25) is 0 Å². The molecular weight excluding hydrogens is 332 g/mol. The third-order valence-electron chi connectivity index (χ3n) is 4.46. The van der Waals surface area contributed by atoms with Crippen LogP contribution in [-0.2, 0) is 20.9 Å². The summed E-state index contributed by atoms with van der Waals surface area (Å²) in [5.74, 6) is 0.642. The summed E-state index contributed by atoms with van der Waals surface area (Å²) in [6.07, 6.45) is 6.06. The molecule has 0 saturated carbocycles. The van der Waals surface area contributed by atoms with Crippen molar-refractivity contribution in [2.45, 2.75) is 18.6 Å². The molecule has 0 bridgehead atoms. The minimum atomic E-state index is -0.516. The quantitative estimate of drug-likeness (QED) is 0.511. The molecule has 3 rings (SSSR count). The van der Waals surface area contributed by atoms with Gasteiger partial charge in [0.05, 0.1) is 18.9 Å². The van der Waals surface area contributed by atoms with E-state index in [-0.39, 0.29) is 11.9 Å². The van der Waals surface area contributed by atoms with E-state index < -0.39 is 6.04 Å². The summed E-state index contributed by atoms with van der Waals surface area (Å²) >= 11 is 0. The van der Waals surface area contributed by atoms with Crippen molar-refractivity contribution < 1.29 is 18.7 Å². The second-order valence-electron chi connectivity index (χ2n) is 6.10. The fourth-order valence-electron chi connectivity index (χ4n) is 3.10. The molecule has 1 aliphatic rings. The first kappa shape index (κ1) is 17.9. The summed E-state index contributed by atoms with van der Waals surface area (Å²) in [5.41, 5.74) is 1.05. The lowest BCUT2D eigenvalue weighted by Gasteiger charge is -2.49. The van der Waals surface area contributed by atoms with Gasteiger partial charge in [0.15, 0.2) is 0 Å². The normalized spacial score (nSPS) is 19.6. The number of benzene rings is 1. The van der Waals surface area contributed by atoms with Gasteiger partial charge in [0.1, 0.15) is 11.8 Å². The number of β-lactam (4-membered cyclic amide) rings is 1. The Balaban J connectivity index is 1.79. The molecule has 0 radical (unpaired) electrons. The van der Waals surface area contributed by atoms with E-state index >= 15 is 0 Å². The molecule has 2 unspecified atom stereocenters. The lowest BCUT2D eigenvalue weighted by Crippen LogP contribution is -2.69. The molecule has 1 aromatic heterocycles. The zero-order chi connectivity index (χ0) is 18.4. The van der Waals surface area contributed by atoms with Gasteiger partial charge in [-0.3, -0.25) is 9.59 Å². The molecule has 1 saturated heterocycles. The number of likely N-dealkylation sites (tertiary alicyclic amines) is 1. The number of ether oxygens (including phenoxy) is 1. The third kappa shape index (κ3) is 3.86. The summed E-state index contributed by atoms with van der Waals surface area (Å²) in [6.45, 7) is 1.26.